The Labute approximate surface area is 121 Å². The molecule has 0 aliphatic carbocycles. The lowest BCUT2D eigenvalue weighted by Crippen LogP contribution is -2.01. The molecular formula is C11H8IN5S. The molecule has 5 nitrogen and oxygen atoms in total. The number of hydrogen-bond donors (Lipinski definition) is 0. The van der Waals surface area contributed by atoms with Crippen LogP contribution in [-0.4, -0.2) is 31.2 Å². The van der Waals surface area contributed by atoms with Gasteiger partial charge in [0, 0.05) is 15.8 Å². The summed E-state index contributed by atoms with van der Waals surface area (Å²) >= 11 is 3.76. The van der Waals surface area contributed by atoms with Crippen LogP contribution in [-0.2, 0) is 0 Å². The van der Waals surface area contributed by atoms with Gasteiger partial charge in [-0.2, -0.15) is 4.68 Å². The maximum absolute atomic E-state index is 4.42. The van der Waals surface area contributed by atoms with E-state index in [1.165, 1.54) is 11.8 Å². The van der Waals surface area contributed by atoms with Crippen molar-refractivity contribution in [1.82, 2.24) is 25.0 Å². The van der Waals surface area contributed by atoms with Gasteiger partial charge in [-0.25, -0.2) is 9.97 Å². The van der Waals surface area contributed by atoms with Crippen LogP contribution in [0.4, 0.5) is 0 Å². The zero-order chi connectivity index (χ0) is 12.5. The van der Waals surface area contributed by atoms with E-state index in [1.807, 2.05) is 30.5 Å². The minimum atomic E-state index is 0.724. The average molecular weight is 369 g/mol. The number of fused-ring (bicyclic) bond motifs is 1. The molecule has 0 saturated heterocycles. The largest absolute Gasteiger partial charge is 0.231 e. The Balaban J connectivity index is 2.22. The van der Waals surface area contributed by atoms with Crippen LogP contribution in [0.1, 0.15) is 0 Å². The standard InChI is InChI=1S/C11H8IN5S/c1-18-11-13-6-5-9(14-11)17-8-4-2-3-7(12)10(8)15-16-17/h2-6H,1H3. The summed E-state index contributed by atoms with van der Waals surface area (Å²) in [5.74, 6) is 0.735. The summed E-state index contributed by atoms with van der Waals surface area (Å²) in [6.07, 6.45) is 3.68. The van der Waals surface area contributed by atoms with Crippen LogP contribution in [0.25, 0.3) is 16.9 Å². The fraction of sp³-hybridized carbons (Fsp3) is 0.0909. The Morgan fingerprint density at radius 2 is 2.17 bits per heavy atom. The predicted octanol–water partition coefficient (Wildman–Crippen LogP) is 2.54. The third-order valence-corrected chi connectivity index (χ3v) is 3.88. The lowest BCUT2D eigenvalue weighted by Gasteiger charge is -2.02. The molecule has 1 aromatic carbocycles. The molecule has 0 fully saturated rings. The average Bonchev–Trinajstić information content (AvgIpc) is 2.84. The summed E-state index contributed by atoms with van der Waals surface area (Å²) in [7, 11) is 0. The lowest BCUT2D eigenvalue weighted by atomic mass is 10.3. The van der Waals surface area contributed by atoms with E-state index < -0.39 is 0 Å². The minimum Gasteiger partial charge on any atom is -0.231 e. The highest BCUT2D eigenvalue weighted by molar-refractivity contribution is 14.1. The Kier molecular flexibility index (Phi) is 3.16. The van der Waals surface area contributed by atoms with Gasteiger partial charge in [0.15, 0.2) is 11.0 Å². The molecule has 3 aromatic rings. The van der Waals surface area contributed by atoms with Crippen LogP contribution in [0.2, 0.25) is 0 Å². The van der Waals surface area contributed by atoms with Crippen molar-refractivity contribution in [2.75, 3.05) is 6.26 Å². The molecule has 2 heterocycles. The Bertz CT molecular complexity index is 711. The minimum absolute atomic E-state index is 0.724. The zero-order valence-electron chi connectivity index (χ0n) is 9.41. The molecule has 0 aliphatic rings. The topological polar surface area (TPSA) is 56.5 Å². The van der Waals surface area contributed by atoms with Crippen LogP contribution < -0.4 is 0 Å². The first kappa shape index (κ1) is 11.8. The third kappa shape index (κ3) is 1.97. The molecule has 0 aliphatic heterocycles. The smallest absolute Gasteiger partial charge is 0.189 e. The molecule has 0 spiro atoms. The lowest BCUT2D eigenvalue weighted by molar-refractivity contribution is 0.777. The van der Waals surface area contributed by atoms with Crippen molar-refractivity contribution in [2.45, 2.75) is 5.16 Å². The quantitative estimate of drug-likeness (QED) is 0.395. The Hall–Kier alpha value is -1.22. The maximum atomic E-state index is 4.42. The van der Waals surface area contributed by atoms with Gasteiger partial charge >= 0.3 is 0 Å². The van der Waals surface area contributed by atoms with Gasteiger partial charge in [0.2, 0.25) is 0 Å². The number of thioether (sulfide) groups is 1. The van der Waals surface area contributed by atoms with Gasteiger partial charge in [-0.05, 0) is 41.0 Å². The van der Waals surface area contributed by atoms with E-state index >= 15 is 0 Å². The van der Waals surface area contributed by atoms with E-state index in [9.17, 15) is 0 Å². The highest BCUT2D eigenvalue weighted by Crippen LogP contribution is 2.20. The summed E-state index contributed by atoms with van der Waals surface area (Å²) in [5, 5.41) is 9.08. The van der Waals surface area contributed by atoms with Crippen molar-refractivity contribution in [3.8, 4) is 5.82 Å². The Morgan fingerprint density at radius 3 is 3.00 bits per heavy atom. The Morgan fingerprint density at radius 1 is 1.28 bits per heavy atom. The van der Waals surface area contributed by atoms with Crippen molar-refractivity contribution in [3.63, 3.8) is 0 Å². The highest BCUT2D eigenvalue weighted by atomic mass is 127. The van der Waals surface area contributed by atoms with Crippen molar-refractivity contribution in [3.05, 3.63) is 34.0 Å². The number of halogens is 1. The summed E-state index contributed by atoms with van der Waals surface area (Å²) < 4.78 is 2.81. The van der Waals surface area contributed by atoms with Gasteiger partial charge in [0.25, 0.3) is 0 Å². The molecule has 0 amide bonds. The van der Waals surface area contributed by atoms with Gasteiger partial charge in [0.1, 0.15) is 5.52 Å². The molecule has 0 N–H and O–H groups in total. The maximum Gasteiger partial charge on any atom is 0.189 e. The summed E-state index contributed by atoms with van der Waals surface area (Å²) in [6, 6.07) is 7.81. The number of aromatic nitrogens is 5. The molecule has 3 rings (SSSR count). The first-order valence-electron chi connectivity index (χ1n) is 5.17. The summed E-state index contributed by atoms with van der Waals surface area (Å²) in [5.41, 5.74) is 1.84. The monoisotopic (exact) mass is 369 g/mol. The predicted molar refractivity (Wildman–Crippen MR) is 79.0 cm³/mol. The van der Waals surface area contributed by atoms with Crippen LogP contribution >= 0.6 is 34.4 Å². The van der Waals surface area contributed by atoms with Crippen molar-refractivity contribution in [1.29, 1.82) is 0 Å². The van der Waals surface area contributed by atoms with E-state index in [0.29, 0.717) is 0 Å². The third-order valence-electron chi connectivity index (χ3n) is 2.45. The molecule has 0 bridgehead atoms. The molecule has 0 unspecified atom stereocenters. The van der Waals surface area contributed by atoms with Gasteiger partial charge in [0.05, 0.1) is 5.52 Å². The van der Waals surface area contributed by atoms with Crippen LogP contribution in [0, 0.1) is 3.57 Å². The van der Waals surface area contributed by atoms with Crippen molar-refractivity contribution >= 4 is 45.4 Å². The zero-order valence-corrected chi connectivity index (χ0v) is 12.4. The van der Waals surface area contributed by atoms with Gasteiger partial charge in [-0.3, -0.25) is 0 Å². The normalized spacial score (nSPS) is 11.0. The molecule has 18 heavy (non-hydrogen) atoms. The molecular weight excluding hydrogens is 361 g/mol. The van der Waals surface area contributed by atoms with Crippen LogP contribution in [0.3, 0.4) is 0 Å². The molecule has 0 atom stereocenters. The molecule has 90 valence electrons. The summed E-state index contributed by atoms with van der Waals surface area (Å²) in [4.78, 5) is 8.58. The summed E-state index contributed by atoms with van der Waals surface area (Å²) in [6.45, 7) is 0. The SMILES string of the molecule is CSc1nccc(-n2nnc3c(I)cccc32)n1. The number of rotatable bonds is 2. The van der Waals surface area contributed by atoms with E-state index in [0.717, 1.165) is 25.6 Å². The second kappa shape index (κ2) is 4.81. The first-order valence-corrected chi connectivity index (χ1v) is 7.47. The molecule has 0 saturated carbocycles. The molecule has 2 aromatic heterocycles. The highest BCUT2D eigenvalue weighted by Gasteiger charge is 2.10. The van der Waals surface area contributed by atoms with Gasteiger partial charge < -0.3 is 0 Å². The van der Waals surface area contributed by atoms with E-state index in [-0.39, 0.29) is 0 Å². The van der Waals surface area contributed by atoms with E-state index in [2.05, 4.69) is 42.9 Å². The number of hydrogen-bond acceptors (Lipinski definition) is 5. The second-order valence-electron chi connectivity index (χ2n) is 3.51. The fourth-order valence-electron chi connectivity index (χ4n) is 1.63. The van der Waals surface area contributed by atoms with Crippen LogP contribution in [0.5, 0.6) is 0 Å². The number of benzene rings is 1. The molecule has 7 heteroatoms. The fourth-order valence-corrected chi connectivity index (χ4v) is 2.57. The molecule has 0 radical (unpaired) electrons. The second-order valence-corrected chi connectivity index (χ2v) is 5.45. The number of nitrogens with zero attached hydrogens (tertiary/aromatic N) is 5. The van der Waals surface area contributed by atoms with E-state index in [1.54, 1.807) is 10.9 Å². The first-order chi connectivity index (χ1) is 8.79. The van der Waals surface area contributed by atoms with E-state index in [4.69, 9.17) is 0 Å². The van der Waals surface area contributed by atoms with Crippen molar-refractivity contribution in [2.24, 2.45) is 0 Å². The van der Waals surface area contributed by atoms with Crippen molar-refractivity contribution < 1.29 is 0 Å². The van der Waals surface area contributed by atoms with Gasteiger partial charge in [-0.1, -0.05) is 23.0 Å². The van der Waals surface area contributed by atoms with Gasteiger partial charge in [-0.15, -0.1) is 5.10 Å². The van der Waals surface area contributed by atoms with Crippen LogP contribution in [0.15, 0.2) is 35.6 Å².